The van der Waals surface area contributed by atoms with Crippen LogP contribution in [0.25, 0.3) is 22.4 Å². The van der Waals surface area contributed by atoms with Gasteiger partial charge in [0.05, 0.1) is 6.61 Å². The molecule has 0 unspecified atom stereocenters. The lowest BCUT2D eigenvalue weighted by Crippen LogP contribution is -2.10. The van der Waals surface area contributed by atoms with Crippen molar-refractivity contribution in [3.8, 4) is 17.2 Å². The Bertz CT molecular complexity index is 822. The molecule has 5 nitrogen and oxygen atoms in total. The number of amides is 1. The van der Waals surface area contributed by atoms with Crippen molar-refractivity contribution < 1.29 is 13.9 Å². The van der Waals surface area contributed by atoms with Gasteiger partial charge >= 0.3 is 0 Å². The molecule has 23 heavy (non-hydrogen) atoms. The van der Waals surface area contributed by atoms with Gasteiger partial charge in [-0.1, -0.05) is 6.92 Å². The fourth-order valence-corrected chi connectivity index (χ4v) is 2.97. The first kappa shape index (κ1) is 15.6. The first-order valence-corrected chi connectivity index (χ1v) is 8.49. The molecule has 3 rings (SSSR count). The number of nitrogens with one attached hydrogen (secondary N) is 1. The lowest BCUT2D eigenvalue weighted by molar-refractivity contribution is -0.116. The van der Waals surface area contributed by atoms with Crippen LogP contribution < -0.4 is 10.1 Å². The summed E-state index contributed by atoms with van der Waals surface area (Å²) in [5.74, 6) is 1.48. The predicted octanol–water partition coefficient (Wildman–Crippen LogP) is 4.69. The summed E-state index contributed by atoms with van der Waals surface area (Å²) in [6, 6.07) is 7.66. The molecule has 0 aliphatic heterocycles. The molecular formula is C17H18N2O3S. The number of benzene rings is 1. The molecule has 1 N–H and O–H groups in total. The fraction of sp³-hybridized carbons (Fsp3) is 0.294. The van der Waals surface area contributed by atoms with Gasteiger partial charge in [-0.15, -0.1) is 11.3 Å². The number of hydrogen-bond acceptors (Lipinski definition) is 5. The molecule has 0 saturated heterocycles. The summed E-state index contributed by atoms with van der Waals surface area (Å²) in [7, 11) is 0. The third-order valence-electron chi connectivity index (χ3n) is 3.28. The van der Waals surface area contributed by atoms with E-state index in [2.05, 4.69) is 10.3 Å². The average Bonchev–Trinajstić information content (AvgIpc) is 3.13. The SMILES string of the molecule is CCCC(=O)Nc1nc(-c2cc3cc(OCC)ccc3o2)cs1. The molecule has 6 heteroatoms. The lowest BCUT2D eigenvalue weighted by atomic mass is 10.2. The molecule has 1 amide bonds. The molecule has 0 aliphatic carbocycles. The summed E-state index contributed by atoms with van der Waals surface area (Å²) < 4.78 is 11.3. The van der Waals surface area contributed by atoms with E-state index in [-0.39, 0.29) is 5.91 Å². The van der Waals surface area contributed by atoms with Crippen molar-refractivity contribution >= 4 is 33.3 Å². The number of rotatable bonds is 6. The van der Waals surface area contributed by atoms with Gasteiger partial charge in [-0.3, -0.25) is 4.79 Å². The van der Waals surface area contributed by atoms with Gasteiger partial charge < -0.3 is 14.5 Å². The van der Waals surface area contributed by atoms with E-state index in [9.17, 15) is 4.79 Å². The summed E-state index contributed by atoms with van der Waals surface area (Å²) in [6.07, 6.45) is 1.32. The minimum absolute atomic E-state index is 0.0145. The zero-order chi connectivity index (χ0) is 16.2. The topological polar surface area (TPSA) is 64.4 Å². The number of thiazole rings is 1. The maximum Gasteiger partial charge on any atom is 0.226 e. The van der Waals surface area contributed by atoms with Gasteiger partial charge in [-0.2, -0.15) is 0 Å². The molecule has 2 heterocycles. The first-order valence-electron chi connectivity index (χ1n) is 7.61. The maximum atomic E-state index is 11.6. The highest BCUT2D eigenvalue weighted by molar-refractivity contribution is 7.14. The zero-order valence-corrected chi connectivity index (χ0v) is 13.9. The van der Waals surface area contributed by atoms with Crippen molar-refractivity contribution in [2.75, 3.05) is 11.9 Å². The Morgan fingerprint density at radius 3 is 3.00 bits per heavy atom. The molecule has 120 valence electrons. The number of ether oxygens (including phenoxy) is 1. The number of hydrogen-bond donors (Lipinski definition) is 1. The Hall–Kier alpha value is -2.34. The molecule has 2 aromatic heterocycles. The molecule has 0 radical (unpaired) electrons. The van der Waals surface area contributed by atoms with Gasteiger partial charge in [0.15, 0.2) is 10.9 Å². The van der Waals surface area contributed by atoms with Crippen LogP contribution in [0.1, 0.15) is 26.7 Å². The maximum absolute atomic E-state index is 11.6. The van der Waals surface area contributed by atoms with Crippen LogP contribution in [0.2, 0.25) is 0 Å². The smallest absolute Gasteiger partial charge is 0.226 e. The van der Waals surface area contributed by atoms with Gasteiger partial charge in [-0.25, -0.2) is 4.98 Å². The van der Waals surface area contributed by atoms with Crippen LogP contribution in [0.4, 0.5) is 5.13 Å². The van der Waals surface area contributed by atoms with E-state index in [1.165, 1.54) is 11.3 Å². The first-order chi connectivity index (χ1) is 11.2. The second-order valence-electron chi connectivity index (χ2n) is 5.08. The molecule has 0 fully saturated rings. The van der Waals surface area contributed by atoms with Crippen LogP contribution in [0.3, 0.4) is 0 Å². The number of nitrogens with zero attached hydrogens (tertiary/aromatic N) is 1. The highest BCUT2D eigenvalue weighted by Gasteiger charge is 2.12. The number of aromatic nitrogens is 1. The van der Waals surface area contributed by atoms with Gasteiger partial charge in [0.25, 0.3) is 0 Å². The number of fused-ring (bicyclic) bond motifs is 1. The van der Waals surface area contributed by atoms with Crippen molar-refractivity contribution in [3.63, 3.8) is 0 Å². The number of carbonyl (C=O) groups excluding carboxylic acids is 1. The standard InChI is InChI=1S/C17H18N2O3S/c1-3-5-16(20)19-17-18-13(10-23-17)15-9-11-8-12(21-4-2)6-7-14(11)22-15/h6-10H,3-5H2,1-2H3,(H,18,19,20). The van der Waals surface area contributed by atoms with Gasteiger partial charge in [0.1, 0.15) is 17.0 Å². The van der Waals surface area contributed by atoms with E-state index in [1.807, 2.05) is 43.5 Å². The third-order valence-corrected chi connectivity index (χ3v) is 4.04. The van der Waals surface area contributed by atoms with Crippen LogP contribution in [0, 0.1) is 0 Å². The lowest BCUT2D eigenvalue weighted by Gasteiger charge is -2.00. The molecule has 0 bridgehead atoms. The van der Waals surface area contributed by atoms with Gasteiger partial charge in [-0.05, 0) is 37.6 Å². The zero-order valence-electron chi connectivity index (χ0n) is 13.1. The molecule has 1 aromatic carbocycles. The van der Waals surface area contributed by atoms with Crippen molar-refractivity contribution in [1.29, 1.82) is 0 Å². The Balaban J connectivity index is 1.82. The molecule has 0 atom stereocenters. The molecule has 0 saturated carbocycles. The normalized spacial score (nSPS) is 10.9. The quantitative estimate of drug-likeness (QED) is 0.712. The molecular weight excluding hydrogens is 312 g/mol. The van der Waals surface area contributed by atoms with Crippen molar-refractivity contribution in [1.82, 2.24) is 4.98 Å². The van der Waals surface area contributed by atoms with Crippen LogP contribution in [0.5, 0.6) is 5.75 Å². The molecule has 0 aliphatic rings. The fourth-order valence-electron chi connectivity index (χ4n) is 2.26. The number of carbonyl (C=O) groups is 1. The second kappa shape index (κ2) is 6.83. The van der Waals surface area contributed by atoms with E-state index < -0.39 is 0 Å². The summed E-state index contributed by atoms with van der Waals surface area (Å²) >= 11 is 1.39. The monoisotopic (exact) mass is 330 g/mol. The van der Waals surface area contributed by atoms with Crippen LogP contribution in [-0.2, 0) is 4.79 Å². The Morgan fingerprint density at radius 1 is 1.35 bits per heavy atom. The van der Waals surface area contributed by atoms with E-state index in [0.717, 1.165) is 28.8 Å². The summed E-state index contributed by atoms with van der Waals surface area (Å²) in [4.78, 5) is 16.0. The minimum atomic E-state index is -0.0145. The highest BCUT2D eigenvalue weighted by atomic mass is 32.1. The Kier molecular flexibility index (Phi) is 4.62. The van der Waals surface area contributed by atoms with E-state index in [1.54, 1.807) is 0 Å². The van der Waals surface area contributed by atoms with Crippen molar-refractivity contribution in [2.24, 2.45) is 0 Å². The summed E-state index contributed by atoms with van der Waals surface area (Å²) in [5.41, 5.74) is 1.50. The van der Waals surface area contributed by atoms with Crippen LogP contribution >= 0.6 is 11.3 Å². The van der Waals surface area contributed by atoms with E-state index in [0.29, 0.717) is 23.9 Å². The Labute approximate surface area is 138 Å². The summed E-state index contributed by atoms with van der Waals surface area (Å²) in [6.45, 7) is 4.55. The van der Waals surface area contributed by atoms with Crippen molar-refractivity contribution in [3.05, 3.63) is 29.6 Å². The highest BCUT2D eigenvalue weighted by Crippen LogP contribution is 2.32. The number of furan rings is 1. The van der Waals surface area contributed by atoms with Gasteiger partial charge in [0.2, 0.25) is 5.91 Å². The van der Waals surface area contributed by atoms with E-state index in [4.69, 9.17) is 9.15 Å². The largest absolute Gasteiger partial charge is 0.494 e. The minimum Gasteiger partial charge on any atom is -0.494 e. The molecule has 3 aromatic rings. The Morgan fingerprint density at radius 2 is 2.22 bits per heavy atom. The summed E-state index contributed by atoms with van der Waals surface area (Å²) in [5, 5.41) is 6.24. The second-order valence-corrected chi connectivity index (χ2v) is 5.94. The molecule has 0 spiro atoms. The van der Waals surface area contributed by atoms with Crippen LogP contribution in [-0.4, -0.2) is 17.5 Å². The predicted molar refractivity (Wildman–Crippen MR) is 92.0 cm³/mol. The van der Waals surface area contributed by atoms with Gasteiger partial charge in [0, 0.05) is 17.2 Å². The third kappa shape index (κ3) is 3.53. The van der Waals surface area contributed by atoms with Crippen LogP contribution in [0.15, 0.2) is 34.1 Å². The van der Waals surface area contributed by atoms with E-state index >= 15 is 0 Å². The average molecular weight is 330 g/mol. The number of anilines is 1. The van der Waals surface area contributed by atoms with Crippen molar-refractivity contribution in [2.45, 2.75) is 26.7 Å².